The van der Waals surface area contributed by atoms with E-state index in [9.17, 15) is 4.79 Å². The Morgan fingerprint density at radius 3 is 2.64 bits per heavy atom. The molecule has 0 aromatic rings. The van der Waals surface area contributed by atoms with Crippen LogP contribution in [0.2, 0.25) is 0 Å². The summed E-state index contributed by atoms with van der Waals surface area (Å²) in [5, 5.41) is 0. The molecule has 2 heterocycles. The topological polar surface area (TPSA) is 44.8 Å². The zero-order chi connectivity index (χ0) is 17.1. The van der Waals surface area contributed by atoms with E-state index in [1.165, 1.54) is 0 Å². The smallest absolute Gasteiger partial charge is 0.310 e. The molecule has 3 aliphatic carbocycles. The molecule has 138 valence electrons. The molecule has 0 radical (unpaired) electrons. The van der Waals surface area contributed by atoms with Crippen LogP contribution in [0.25, 0.3) is 0 Å². The normalized spacial score (nSPS) is 46.2. The van der Waals surface area contributed by atoms with Gasteiger partial charge in [0.25, 0.3) is 0 Å². The maximum atomic E-state index is 13.1. The first-order chi connectivity index (χ1) is 12.1. The van der Waals surface area contributed by atoms with Crippen molar-refractivity contribution in [2.24, 2.45) is 23.7 Å². The van der Waals surface area contributed by atoms with Gasteiger partial charge in [0.15, 0.2) is 0 Å². The predicted molar refractivity (Wildman–Crippen MR) is 93.0 cm³/mol. The molecule has 0 aromatic carbocycles. The van der Waals surface area contributed by atoms with Crippen molar-refractivity contribution in [3.8, 4) is 0 Å². The first-order valence-electron chi connectivity index (χ1n) is 10.2. The third-order valence-corrected chi connectivity index (χ3v) is 7.78. The third-order valence-electron chi connectivity index (χ3n) is 7.78. The summed E-state index contributed by atoms with van der Waals surface area (Å²) in [5.74, 6) is 1.48. The molecule has 2 aliphatic heterocycles. The first-order valence-corrected chi connectivity index (χ1v) is 10.2. The molecule has 4 fully saturated rings. The molecular weight excluding hydrogens is 316 g/mol. The number of fused-ring (bicyclic) bond motifs is 4. The number of allylic oxidation sites excluding steroid dienone is 2. The van der Waals surface area contributed by atoms with Gasteiger partial charge in [0.2, 0.25) is 0 Å². The van der Waals surface area contributed by atoms with Gasteiger partial charge in [0.05, 0.1) is 24.2 Å². The van der Waals surface area contributed by atoms with Crippen molar-refractivity contribution < 1.29 is 19.0 Å². The van der Waals surface area contributed by atoms with Gasteiger partial charge < -0.3 is 14.2 Å². The summed E-state index contributed by atoms with van der Waals surface area (Å²) in [6.07, 6.45) is 14.5. The van der Waals surface area contributed by atoms with Crippen LogP contribution in [0.15, 0.2) is 12.2 Å². The van der Waals surface area contributed by atoms with Crippen molar-refractivity contribution in [2.75, 3.05) is 13.7 Å². The van der Waals surface area contributed by atoms with E-state index in [0.717, 1.165) is 57.8 Å². The lowest BCUT2D eigenvalue weighted by atomic mass is 9.68. The maximum Gasteiger partial charge on any atom is 0.310 e. The molecule has 0 N–H and O–H groups in total. The maximum absolute atomic E-state index is 13.1. The lowest BCUT2D eigenvalue weighted by Gasteiger charge is -2.44. The molecule has 6 unspecified atom stereocenters. The highest BCUT2D eigenvalue weighted by atomic mass is 16.6. The Balaban J connectivity index is 1.38. The van der Waals surface area contributed by atoms with Gasteiger partial charge in [-0.25, -0.2) is 0 Å². The van der Waals surface area contributed by atoms with Gasteiger partial charge in [-0.1, -0.05) is 12.2 Å². The lowest BCUT2D eigenvalue weighted by Crippen LogP contribution is -2.53. The SMILES string of the molecule is COCC12CCC(CC1C1(OC(=O)C3CC4C=CC3C4)CCCC1)O2. The molecule has 0 spiro atoms. The van der Waals surface area contributed by atoms with Crippen LogP contribution >= 0.6 is 0 Å². The second-order valence-electron chi connectivity index (χ2n) is 9.14. The van der Waals surface area contributed by atoms with Crippen LogP contribution in [0, 0.1) is 23.7 Å². The third kappa shape index (κ3) is 2.43. The number of methoxy groups -OCH3 is 1. The Hall–Kier alpha value is -0.870. The van der Waals surface area contributed by atoms with Crippen molar-refractivity contribution in [1.29, 1.82) is 0 Å². The monoisotopic (exact) mass is 346 g/mol. The molecular formula is C21H30O4. The summed E-state index contributed by atoms with van der Waals surface area (Å²) < 4.78 is 18.4. The van der Waals surface area contributed by atoms with Crippen LogP contribution in [0.1, 0.15) is 57.8 Å². The van der Waals surface area contributed by atoms with Crippen molar-refractivity contribution in [1.82, 2.24) is 0 Å². The Labute approximate surface area is 150 Å². The van der Waals surface area contributed by atoms with E-state index in [1.807, 2.05) is 0 Å². The second kappa shape index (κ2) is 5.82. The summed E-state index contributed by atoms with van der Waals surface area (Å²) >= 11 is 0. The highest BCUT2D eigenvalue weighted by Gasteiger charge is 2.63. The minimum atomic E-state index is -0.309. The molecule has 2 saturated carbocycles. The molecule has 5 rings (SSSR count). The van der Waals surface area contributed by atoms with E-state index in [-0.39, 0.29) is 23.1 Å². The van der Waals surface area contributed by atoms with Gasteiger partial charge in [0.1, 0.15) is 5.60 Å². The van der Waals surface area contributed by atoms with Crippen LogP contribution < -0.4 is 0 Å². The Morgan fingerprint density at radius 1 is 1.16 bits per heavy atom. The van der Waals surface area contributed by atoms with Crippen LogP contribution in [-0.2, 0) is 19.0 Å². The first kappa shape index (κ1) is 16.3. The number of carbonyl (C=O) groups is 1. The van der Waals surface area contributed by atoms with E-state index in [0.29, 0.717) is 30.5 Å². The van der Waals surface area contributed by atoms with Gasteiger partial charge in [-0.15, -0.1) is 0 Å². The van der Waals surface area contributed by atoms with E-state index >= 15 is 0 Å². The predicted octanol–water partition coefficient (Wildman–Crippen LogP) is 3.64. The van der Waals surface area contributed by atoms with Crippen LogP contribution in [0.3, 0.4) is 0 Å². The fourth-order valence-corrected chi connectivity index (χ4v) is 6.72. The summed E-state index contributed by atoms with van der Waals surface area (Å²) in [6, 6.07) is 0. The molecule has 0 aromatic heterocycles. The van der Waals surface area contributed by atoms with Gasteiger partial charge in [0, 0.05) is 13.0 Å². The summed E-state index contributed by atoms with van der Waals surface area (Å²) in [6.45, 7) is 0.629. The Kier molecular flexibility index (Phi) is 3.80. The molecule has 4 nitrogen and oxygen atoms in total. The number of esters is 1. The quantitative estimate of drug-likeness (QED) is 0.563. The minimum absolute atomic E-state index is 0.0640. The number of carbonyl (C=O) groups excluding carboxylic acids is 1. The molecule has 4 bridgehead atoms. The van der Waals surface area contributed by atoms with E-state index in [2.05, 4.69) is 12.2 Å². The van der Waals surface area contributed by atoms with Crippen molar-refractivity contribution in [3.05, 3.63) is 12.2 Å². The molecule has 25 heavy (non-hydrogen) atoms. The Morgan fingerprint density at radius 2 is 2.00 bits per heavy atom. The fraction of sp³-hybridized carbons (Fsp3) is 0.857. The number of hydrogen-bond donors (Lipinski definition) is 0. The average molecular weight is 346 g/mol. The average Bonchev–Trinajstić information content (AvgIpc) is 3.40. The summed E-state index contributed by atoms with van der Waals surface area (Å²) in [7, 11) is 1.76. The number of ether oxygens (including phenoxy) is 3. The summed E-state index contributed by atoms with van der Waals surface area (Å²) in [5.41, 5.74) is -0.533. The zero-order valence-electron chi connectivity index (χ0n) is 15.2. The van der Waals surface area contributed by atoms with Crippen molar-refractivity contribution in [2.45, 2.75) is 75.1 Å². The molecule has 0 amide bonds. The van der Waals surface area contributed by atoms with Gasteiger partial charge in [-0.2, -0.15) is 0 Å². The molecule has 2 saturated heterocycles. The second-order valence-corrected chi connectivity index (χ2v) is 9.14. The zero-order valence-corrected chi connectivity index (χ0v) is 15.2. The van der Waals surface area contributed by atoms with E-state index in [4.69, 9.17) is 14.2 Å². The van der Waals surface area contributed by atoms with Crippen molar-refractivity contribution in [3.63, 3.8) is 0 Å². The fourth-order valence-electron chi connectivity index (χ4n) is 6.72. The van der Waals surface area contributed by atoms with Gasteiger partial charge in [-0.3, -0.25) is 4.79 Å². The highest BCUT2D eigenvalue weighted by Crippen LogP contribution is 2.57. The van der Waals surface area contributed by atoms with Crippen LogP contribution in [-0.4, -0.2) is 37.0 Å². The molecule has 4 heteroatoms. The van der Waals surface area contributed by atoms with Gasteiger partial charge in [-0.05, 0) is 69.6 Å². The largest absolute Gasteiger partial charge is 0.458 e. The molecule has 5 aliphatic rings. The highest BCUT2D eigenvalue weighted by molar-refractivity contribution is 5.74. The summed E-state index contributed by atoms with van der Waals surface area (Å²) in [4.78, 5) is 13.1. The lowest BCUT2D eigenvalue weighted by molar-refractivity contribution is -0.183. The van der Waals surface area contributed by atoms with Crippen LogP contribution in [0.5, 0.6) is 0 Å². The van der Waals surface area contributed by atoms with E-state index < -0.39 is 0 Å². The van der Waals surface area contributed by atoms with Crippen LogP contribution in [0.4, 0.5) is 0 Å². The Bertz CT molecular complexity index is 578. The minimum Gasteiger partial charge on any atom is -0.458 e. The van der Waals surface area contributed by atoms with E-state index in [1.54, 1.807) is 7.11 Å². The standard InChI is InChI=1S/C21H30O4/c1-23-13-21-9-6-16(24-21)12-18(21)20(7-2-3-8-20)25-19(22)17-11-14-4-5-15(17)10-14/h4-5,14-18H,2-3,6-13H2,1H3. The number of hydrogen-bond acceptors (Lipinski definition) is 4. The van der Waals surface area contributed by atoms with Gasteiger partial charge >= 0.3 is 5.97 Å². The van der Waals surface area contributed by atoms with Crippen molar-refractivity contribution >= 4 is 5.97 Å². The number of rotatable bonds is 5. The molecule has 6 atom stereocenters.